The molecule has 5 heteroatoms. The average Bonchev–Trinajstić information content (AvgIpc) is 2.28. The van der Waals surface area contributed by atoms with Crippen molar-refractivity contribution in [3.63, 3.8) is 0 Å². The number of aliphatic hydroxyl groups is 1. The second-order valence-electron chi connectivity index (χ2n) is 3.09. The topological polar surface area (TPSA) is 43.0 Å². The molecule has 0 aliphatic heterocycles. The van der Waals surface area contributed by atoms with Crippen LogP contribution >= 0.6 is 15.9 Å². The standard InChI is InChI=1S/C11H12BrNO3/c1-13-6-9(14)7-4-10(15-2)11(16-3)5-8(7)12/h4-5,9,14H,6H2,2-3H3. The summed E-state index contributed by atoms with van der Waals surface area (Å²) in [5.74, 6) is 1.11. The van der Waals surface area contributed by atoms with Crippen LogP contribution in [0.5, 0.6) is 11.5 Å². The van der Waals surface area contributed by atoms with Crippen molar-refractivity contribution in [2.45, 2.75) is 6.10 Å². The zero-order chi connectivity index (χ0) is 12.1. The number of rotatable bonds is 4. The summed E-state index contributed by atoms with van der Waals surface area (Å²) in [4.78, 5) is 3.16. The molecule has 1 aromatic carbocycles. The Morgan fingerprint density at radius 2 is 1.94 bits per heavy atom. The lowest BCUT2D eigenvalue weighted by molar-refractivity contribution is 0.194. The maximum atomic E-state index is 9.74. The van der Waals surface area contributed by atoms with Crippen LogP contribution in [-0.4, -0.2) is 25.9 Å². The maximum absolute atomic E-state index is 9.74. The van der Waals surface area contributed by atoms with Gasteiger partial charge in [0, 0.05) is 10.0 Å². The predicted octanol–water partition coefficient (Wildman–Crippen LogP) is 2.42. The number of hydrogen-bond acceptors (Lipinski definition) is 3. The van der Waals surface area contributed by atoms with E-state index in [1.54, 1.807) is 19.2 Å². The van der Waals surface area contributed by atoms with Crippen molar-refractivity contribution in [3.8, 4) is 11.5 Å². The summed E-state index contributed by atoms with van der Waals surface area (Å²) in [6.07, 6.45) is -0.827. The molecule has 0 saturated carbocycles. The number of benzene rings is 1. The molecule has 4 nitrogen and oxygen atoms in total. The Kier molecular flexibility index (Phi) is 4.59. The van der Waals surface area contributed by atoms with Gasteiger partial charge in [-0.2, -0.15) is 0 Å². The molecule has 0 aliphatic carbocycles. The minimum absolute atomic E-state index is 0.0219. The highest BCUT2D eigenvalue weighted by atomic mass is 79.9. The van der Waals surface area contributed by atoms with Crippen molar-refractivity contribution in [1.82, 2.24) is 0 Å². The first-order valence-electron chi connectivity index (χ1n) is 4.56. The van der Waals surface area contributed by atoms with Crippen molar-refractivity contribution >= 4 is 15.9 Å². The van der Waals surface area contributed by atoms with E-state index in [1.807, 2.05) is 0 Å². The van der Waals surface area contributed by atoms with Gasteiger partial charge in [-0.25, -0.2) is 6.57 Å². The number of aliphatic hydroxyl groups excluding tert-OH is 1. The normalized spacial score (nSPS) is 11.7. The summed E-state index contributed by atoms with van der Waals surface area (Å²) >= 11 is 3.32. The number of halogens is 1. The van der Waals surface area contributed by atoms with Gasteiger partial charge in [-0.15, -0.1) is 0 Å². The Morgan fingerprint density at radius 3 is 2.44 bits per heavy atom. The zero-order valence-electron chi connectivity index (χ0n) is 9.03. The molecule has 1 N–H and O–H groups in total. The van der Waals surface area contributed by atoms with Gasteiger partial charge in [0.1, 0.15) is 0 Å². The molecule has 1 rings (SSSR count). The SMILES string of the molecule is [C-]#[N+]CC(O)c1cc(OC)c(OC)cc1Br. The third-order valence-electron chi connectivity index (χ3n) is 2.13. The molecule has 0 aliphatic rings. The molecule has 1 aromatic rings. The summed E-state index contributed by atoms with van der Waals surface area (Å²) < 4.78 is 10.9. The van der Waals surface area contributed by atoms with Crippen LogP contribution in [0, 0.1) is 6.57 Å². The summed E-state index contributed by atoms with van der Waals surface area (Å²) in [5, 5.41) is 9.74. The molecule has 0 amide bonds. The molecular formula is C11H12BrNO3. The Labute approximate surface area is 103 Å². The molecule has 0 saturated heterocycles. The summed E-state index contributed by atoms with van der Waals surface area (Å²) in [6.45, 7) is 6.75. The smallest absolute Gasteiger partial charge is 0.244 e. The van der Waals surface area contributed by atoms with Crippen LogP contribution in [0.3, 0.4) is 0 Å². The third kappa shape index (κ3) is 2.65. The molecule has 0 aromatic heterocycles. The van der Waals surface area contributed by atoms with E-state index in [0.717, 1.165) is 0 Å². The maximum Gasteiger partial charge on any atom is 0.244 e. The molecule has 1 atom stereocenters. The van der Waals surface area contributed by atoms with Crippen molar-refractivity contribution in [1.29, 1.82) is 0 Å². The second-order valence-corrected chi connectivity index (χ2v) is 3.94. The van der Waals surface area contributed by atoms with Crippen molar-refractivity contribution in [3.05, 3.63) is 33.6 Å². The molecule has 16 heavy (non-hydrogen) atoms. The molecule has 0 spiro atoms. The highest BCUT2D eigenvalue weighted by molar-refractivity contribution is 9.10. The van der Waals surface area contributed by atoms with Crippen LogP contribution in [0.15, 0.2) is 16.6 Å². The van der Waals surface area contributed by atoms with E-state index in [1.165, 1.54) is 7.11 Å². The molecule has 86 valence electrons. The summed E-state index contributed by atoms with van der Waals surface area (Å²) in [6, 6.07) is 3.38. The lowest BCUT2D eigenvalue weighted by atomic mass is 10.1. The van der Waals surface area contributed by atoms with Crippen molar-refractivity contribution in [2.24, 2.45) is 0 Å². The molecular weight excluding hydrogens is 274 g/mol. The number of nitrogens with zero attached hydrogens (tertiary/aromatic N) is 1. The van der Waals surface area contributed by atoms with E-state index in [-0.39, 0.29) is 6.54 Å². The van der Waals surface area contributed by atoms with Gasteiger partial charge in [0.25, 0.3) is 0 Å². The van der Waals surface area contributed by atoms with E-state index in [0.29, 0.717) is 21.5 Å². The Hall–Kier alpha value is -1.25. The first-order chi connectivity index (χ1) is 7.63. The van der Waals surface area contributed by atoms with Crippen LogP contribution in [-0.2, 0) is 0 Å². The second kappa shape index (κ2) is 5.73. The van der Waals surface area contributed by atoms with Crippen LogP contribution in [0.1, 0.15) is 11.7 Å². The molecule has 0 radical (unpaired) electrons. The fraction of sp³-hybridized carbons (Fsp3) is 0.364. The van der Waals surface area contributed by atoms with E-state index in [4.69, 9.17) is 16.0 Å². The molecule has 1 unspecified atom stereocenters. The lowest BCUT2D eigenvalue weighted by Crippen LogP contribution is -2.02. The van der Waals surface area contributed by atoms with E-state index in [2.05, 4.69) is 20.8 Å². The minimum Gasteiger partial charge on any atom is -0.493 e. The van der Waals surface area contributed by atoms with Crippen LogP contribution < -0.4 is 9.47 Å². The average molecular weight is 286 g/mol. The Balaban J connectivity index is 3.16. The summed E-state index contributed by atoms with van der Waals surface area (Å²) in [5.41, 5.74) is 0.619. The Morgan fingerprint density at radius 1 is 1.38 bits per heavy atom. The molecule has 0 heterocycles. The molecule has 0 bridgehead atoms. The van der Waals surface area contributed by atoms with Gasteiger partial charge in [0.05, 0.1) is 14.2 Å². The first-order valence-corrected chi connectivity index (χ1v) is 5.36. The lowest BCUT2D eigenvalue weighted by Gasteiger charge is -2.13. The number of methoxy groups -OCH3 is 2. The van der Waals surface area contributed by atoms with Crippen LogP contribution in [0.4, 0.5) is 0 Å². The largest absolute Gasteiger partial charge is 0.493 e. The fourth-order valence-electron chi connectivity index (χ4n) is 1.31. The van der Waals surface area contributed by atoms with Crippen molar-refractivity contribution in [2.75, 3.05) is 20.8 Å². The monoisotopic (exact) mass is 285 g/mol. The van der Waals surface area contributed by atoms with E-state index < -0.39 is 6.10 Å². The van der Waals surface area contributed by atoms with Crippen molar-refractivity contribution < 1.29 is 14.6 Å². The van der Waals surface area contributed by atoms with E-state index >= 15 is 0 Å². The Bertz CT molecular complexity index is 414. The third-order valence-corrected chi connectivity index (χ3v) is 2.81. The van der Waals surface area contributed by atoms with Gasteiger partial charge in [-0.1, -0.05) is 15.9 Å². The van der Waals surface area contributed by atoms with Gasteiger partial charge >= 0.3 is 0 Å². The summed E-state index contributed by atoms with van der Waals surface area (Å²) in [7, 11) is 3.07. The fourth-order valence-corrected chi connectivity index (χ4v) is 1.90. The van der Waals surface area contributed by atoms with E-state index in [9.17, 15) is 5.11 Å². The van der Waals surface area contributed by atoms with Gasteiger partial charge < -0.3 is 19.4 Å². The number of hydrogen-bond donors (Lipinski definition) is 1. The van der Waals surface area contributed by atoms with Crippen LogP contribution in [0.2, 0.25) is 0 Å². The van der Waals surface area contributed by atoms with Crippen LogP contribution in [0.25, 0.3) is 4.85 Å². The number of ether oxygens (including phenoxy) is 2. The van der Waals surface area contributed by atoms with Gasteiger partial charge in [-0.05, 0) is 12.1 Å². The highest BCUT2D eigenvalue weighted by Gasteiger charge is 2.17. The minimum atomic E-state index is -0.827. The zero-order valence-corrected chi connectivity index (χ0v) is 10.6. The first kappa shape index (κ1) is 12.8. The van der Waals surface area contributed by atoms with Gasteiger partial charge in [0.15, 0.2) is 17.6 Å². The van der Waals surface area contributed by atoms with Gasteiger partial charge in [0.2, 0.25) is 6.54 Å². The molecule has 0 fully saturated rings. The highest BCUT2D eigenvalue weighted by Crippen LogP contribution is 2.36. The van der Waals surface area contributed by atoms with Gasteiger partial charge in [-0.3, -0.25) is 0 Å². The predicted molar refractivity (Wildman–Crippen MR) is 63.7 cm³/mol. The quantitative estimate of drug-likeness (QED) is 0.864.